The number of hydrogen-bond donors (Lipinski definition) is 5. The average molecular weight is 657 g/mol. The number of hydrogen-bond acceptors (Lipinski definition) is 8. The van der Waals surface area contributed by atoms with E-state index in [1.165, 1.54) is 12.1 Å². The summed E-state index contributed by atoms with van der Waals surface area (Å²) in [5, 5.41) is 36.4. The van der Waals surface area contributed by atoms with Crippen molar-refractivity contribution in [2.45, 2.75) is 25.8 Å². The lowest BCUT2D eigenvalue weighted by Gasteiger charge is -2.32. The molecule has 244 valence electrons. The number of imidazole rings is 1. The van der Waals surface area contributed by atoms with E-state index in [9.17, 15) is 9.18 Å². The Morgan fingerprint density at radius 2 is 1.48 bits per heavy atom. The van der Waals surface area contributed by atoms with Crippen LogP contribution in [0.2, 0.25) is 0 Å². The van der Waals surface area contributed by atoms with E-state index in [0.717, 1.165) is 66.9 Å². The molecule has 15 heteroatoms. The first-order valence-corrected chi connectivity index (χ1v) is 15.0. The van der Waals surface area contributed by atoms with Crippen molar-refractivity contribution in [3.63, 3.8) is 0 Å². The Labute approximate surface area is 266 Å². The summed E-state index contributed by atoms with van der Waals surface area (Å²) in [5.74, 6) is -5.81. The molecule has 4 aromatic rings. The van der Waals surface area contributed by atoms with Crippen LogP contribution in [0.15, 0.2) is 65.4 Å². The van der Waals surface area contributed by atoms with E-state index in [0.29, 0.717) is 19.0 Å². The third-order valence-corrected chi connectivity index (χ3v) is 7.71. The third kappa shape index (κ3) is 11.1. The quantitative estimate of drug-likeness (QED) is 0.174. The molecule has 0 bridgehead atoms. The highest BCUT2D eigenvalue weighted by atomic mass is 32.1. The average Bonchev–Trinajstić information content (AvgIpc) is 3.69. The summed E-state index contributed by atoms with van der Waals surface area (Å²) < 4.78 is 15.7. The van der Waals surface area contributed by atoms with Gasteiger partial charge in [0.05, 0.1) is 11.0 Å². The second kappa shape index (κ2) is 17.4. The highest BCUT2D eigenvalue weighted by Crippen LogP contribution is 2.25. The molecule has 1 fully saturated rings. The van der Waals surface area contributed by atoms with Crippen molar-refractivity contribution in [1.29, 1.82) is 0 Å². The smallest absolute Gasteiger partial charge is 0.414 e. The number of fused-ring (bicyclic) bond motifs is 1. The van der Waals surface area contributed by atoms with Gasteiger partial charge in [0.1, 0.15) is 11.6 Å². The number of aromatic nitrogens is 2. The van der Waals surface area contributed by atoms with E-state index in [1.807, 2.05) is 41.1 Å². The number of carboxylic acids is 4. The van der Waals surface area contributed by atoms with Gasteiger partial charge in [-0.15, -0.1) is 0 Å². The van der Waals surface area contributed by atoms with Crippen molar-refractivity contribution in [3.05, 3.63) is 88.1 Å². The fraction of sp³-hybridized carbons (Fsp3) is 0.290. The fourth-order valence-corrected chi connectivity index (χ4v) is 5.36. The maximum Gasteiger partial charge on any atom is 0.414 e. The SMILES string of the molecule is O=C(NCCN1CCC(Cc2nc3ccccc3n2Cc2ccc(F)cc2)CC1)c1ccsc1.O=C(O)C(=O)O.O=C(O)C(=O)O. The van der Waals surface area contributed by atoms with Crippen LogP contribution in [0.3, 0.4) is 0 Å². The van der Waals surface area contributed by atoms with Crippen molar-refractivity contribution >= 4 is 52.2 Å². The van der Waals surface area contributed by atoms with E-state index in [2.05, 4.69) is 26.9 Å². The minimum atomic E-state index is -1.82. The first kappa shape index (κ1) is 35.3. The largest absolute Gasteiger partial charge is 0.473 e. The van der Waals surface area contributed by atoms with Crippen LogP contribution >= 0.6 is 11.3 Å². The van der Waals surface area contributed by atoms with E-state index in [4.69, 9.17) is 44.6 Å². The van der Waals surface area contributed by atoms with Crippen LogP contribution in [0.4, 0.5) is 4.39 Å². The Morgan fingerprint density at radius 3 is 2.04 bits per heavy atom. The minimum Gasteiger partial charge on any atom is -0.473 e. The number of amides is 1. The van der Waals surface area contributed by atoms with E-state index < -0.39 is 23.9 Å². The maximum absolute atomic E-state index is 13.4. The number of likely N-dealkylation sites (tertiary alicyclic amines) is 1. The Kier molecular flexibility index (Phi) is 13.3. The fourth-order valence-electron chi connectivity index (χ4n) is 4.73. The molecule has 5 N–H and O–H groups in total. The van der Waals surface area contributed by atoms with Gasteiger partial charge in [-0.1, -0.05) is 24.3 Å². The van der Waals surface area contributed by atoms with Crippen molar-refractivity contribution in [2.75, 3.05) is 26.2 Å². The van der Waals surface area contributed by atoms with Crippen LogP contribution in [-0.2, 0) is 32.1 Å². The van der Waals surface area contributed by atoms with Gasteiger partial charge in [0.2, 0.25) is 0 Å². The number of thiophene rings is 1. The number of piperidine rings is 1. The minimum absolute atomic E-state index is 0.0104. The number of rotatable bonds is 8. The number of carbonyl (C=O) groups is 5. The van der Waals surface area contributed by atoms with Crippen LogP contribution in [0.5, 0.6) is 0 Å². The molecule has 0 saturated carbocycles. The number of carbonyl (C=O) groups excluding carboxylic acids is 1. The monoisotopic (exact) mass is 656 g/mol. The van der Waals surface area contributed by atoms with Crippen molar-refractivity contribution in [1.82, 2.24) is 19.8 Å². The summed E-state index contributed by atoms with van der Waals surface area (Å²) in [4.78, 5) is 55.9. The van der Waals surface area contributed by atoms with Crippen LogP contribution in [0, 0.1) is 11.7 Å². The number of nitrogens with one attached hydrogen (secondary N) is 1. The molecule has 0 aliphatic carbocycles. The Bertz CT molecular complexity index is 1590. The van der Waals surface area contributed by atoms with Gasteiger partial charge < -0.3 is 35.2 Å². The molecule has 5 rings (SSSR count). The first-order valence-electron chi connectivity index (χ1n) is 14.1. The summed E-state index contributed by atoms with van der Waals surface area (Å²) >= 11 is 1.54. The lowest BCUT2D eigenvalue weighted by molar-refractivity contribution is -0.159. The molecule has 0 atom stereocenters. The zero-order valence-electron chi connectivity index (χ0n) is 24.5. The van der Waals surface area contributed by atoms with Gasteiger partial charge in [-0.3, -0.25) is 4.79 Å². The van der Waals surface area contributed by atoms with Gasteiger partial charge in [-0.25, -0.2) is 28.6 Å². The van der Waals surface area contributed by atoms with Crippen LogP contribution < -0.4 is 5.32 Å². The zero-order chi connectivity index (χ0) is 33.6. The van der Waals surface area contributed by atoms with Gasteiger partial charge in [0.25, 0.3) is 5.91 Å². The molecular formula is C31H33FN4O9S. The summed E-state index contributed by atoms with van der Waals surface area (Å²) in [6.45, 7) is 4.33. The van der Waals surface area contributed by atoms with E-state index >= 15 is 0 Å². The van der Waals surface area contributed by atoms with Gasteiger partial charge in [-0.05, 0) is 73.1 Å². The van der Waals surface area contributed by atoms with E-state index in [1.54, 1.807) is 11.3 Å². The van der Waals surface area contributed by atoms with E-state index in [-0.39, 0.29) is 11.7 Å². The number of nitrogens with zero attached hydrogens (tertiary/aromatic N) is 3. The molecular weight excluding hydrogens is 623 g/mol. The van der Waals surface area contributed by atoms with Gasteiger partial charge >= 0.3 is 23.9 Å². The molecule has 2 aromatic heterocycles. The lowest BCUT2D eigenvalue weighted by atomic mass is 9.93. The molecule has 3 heterocycles. The second-order valence-electron chi connectivity index (χ2n) is 10.2. The molecule has 2 aromatic carbocycles. The normalized spacial score (nSPS) is 13.1. The first-order chi connectivity index (χ1) is 21.9. The summed E-state index contributed by atoms with van der Waals surface area (Å²) in [6.07, 6.45) is 3.19. The second-order valence-corrected chi connectivity index (χ2v) is 11.0. The van der Waals surface area contributed by atoms with Crippen LogP contribution in [0.25, 0.3) is 11.0 Å². The highest BCUT2D eigenvalue weighted by molar-refractivity contribution is 7.08. The molecule has 1 amide bonds. The van der Waals surface area contributed by atoms with Crippen molar-refractivity contribution in [3.8, 4) is 0 Å². The van der Waals surface area contributed by atoms with Crippen molar-refractivity contribution in [2.24, 2.45) is 5.92 Å². The highest BCUT2D eigenvalue weighted by Gasteiger charge is 2.22. The molecule has 13 nitrogen and oxygen atoms in total. The number of halogens is 1. The predicted molar refractivity (Wildman–Crippen MR) is 165 cm³/mol. The molecule has 1 aliphatic heterocycles. The predicted octanol–water partition coefficient (Wildman–Crippen LogP) is 3.28. The Hall–Kier alpha value is -5.15. The lowest BCUT2D eigenvalue weighted by Crippen LogP contribution is -2.40. The van der Waals surface area contributed by atoms with Gasteiger partial charge in [0.15, 0.2) is 0 Å². The summed E-state index contributed by atoms with van der Waals surface area (Å²) in [6, 6.07) is 16.8. The topological polar surface area (TPSA) is 199 Å². The maximum atomic E-state index is 13.4. The standard InChI is InChI=1S/C27H29FN4OS.2C2H2O4/c28-23-7-5-21(6-8-23)18-32-25-4-2-1-3-24(25)30-26(32)17-20-9-13-31(14-10-20)15-12-29-27(33)22-11-16-34-19-22;2*3-1(4)2(5)6/h1-8,11,16,19-20H,9-10,12-15,17-18H2,(H,29,33);2*(H,3,4)(H,5,6). The number of benzene rings is 2. The summed E-state index contributed by atoms with van der Waals surface area (Å²) in [7, 11) is 0. The van der Waals surface area contributed by atoms with Crippen molar-refractivity contribution < 1.29 is 48.8 Å². The molecule has 0 unspecified atom stereocenters. The van der Waals surface area contributed by atoms with Crippen LogP contribution in [0.1, 0.15) is 34.6 Å². The Morgan fingerprint density at radius 1 is 0.870 bits per heavy atom. The third-order valence-electron chi connectivity index (χ3n) is 7.03. The molecule has 46 heavy (non-hydrogen) atoms. The summed E-state index contributed by atoms with van der Waals surface area (Å²) in [5.41, 5.74) is 3.95. The number of carboxylic acid groups (broad SMARTS) is 4. The molecule has 0 radical (unpaired) electrons. The zero-order valence-corrected chi connectivity index (χ0v) is 25.4. The number of aliphatic carboxylic acids is 4. The Balaban J connectivity index is 0.000000410. The molecule has 1 aliphatic rings. The molecule has 1 saturated heterocycles. The van der Waals surface area contributed by atoms with Gasteiger partial charge in [-0.2, -0.15) is 11.3 Å². The number of para-hydroxylation sites is 2. The molecule has 0 spiro atoms. The van der Waals surface area contributed by atoms with Crippen LogP contribution in [-0.4, -0.2) is 90.8 Å². The van der Waals surface area contributed by atoms with Gasteiger partial charge in [0, 0.05) is 37.0 Å².